The highest BCUT2D eigenvalue weighted by molar-refractivity contribution is 5.95. The lowest BCUT2D eigenvalue weighted by Gasteiger charge is -2.32. The van der Waals surface area contributed by atoms with Crippen molar-refractivity contribution in [3.05, 3.63) is 47.8 Å². The number of ether oxygens (including phenoxy) is 2. The van der Waals surface area contributed by atoms with Crippen LogP contribution in [0.1, 0.15) is 33.6 Å². The molecule has 3 rings (SSSR count). The minimum atomic E-state index is -0.172. The summed E-state index contributed by atoms with van der Waals surface area (Å²) < 4.78 is 10.5. The fourth-order valence-corrected chi connectivity index (χ4v) is 3.07. The van der Waals surface area contributed by atoms with E-state index in [0.717, 1.165) is 0 Å². The van der Waals surface area contributed by atoms with E-state index in [1.165, 1.54) is 12.4 Å². The first-order valence-corrected chi connectivity index (χ1v) is 8.71. The van der Waals surface area contributed by atoms with Gasteiger partial charge in [-0.05, 0) is 37.1 Å². The largest absolute Gasteiger partial charge is 0.493 e. The van der Waals surface area contributed by atoms with Gasteiger partial charge < -0.3 is 19.7 Å². The molecule has 0 aliphatic carbocycles. The van der Waals surface area contributed by atoms with E-state index >= 15 is 0 Å². The maximum absolute atomic E-state index is 12.7. The van der Waals surface area contributed by atoms with Gasteiger partial charge in [-0.1, -0.05) is 0 Å². The van der Waals surface area contributed by atoms with Crippen molar-refractivity contribution in [2.45, 2.75) is 18.9 Å². The average molecular weight is 370 g/mol. The van der Waals surface area contributed by atoms with Gasteiger partial charge in [0.05, 0.1) is 32.2 Å². The van der Waals surface area contributed by atoms with E-state index in [2.05, 4.69) is 15.5 Å². The van der Waals surface area contributed by atoms with E-state index in [4.69, 9.17) is 9.47 Å². The lowest BCUT2D eigenvalue weighted by Crippen LogP contribution is -2.46. The second kappa shape index (κ2) is 8.48. The number of aromatic nitrogens is 2. The van der Waals surface area contributed by atoms with Gasteiger partial charge >= 0.3 is 0 Å². The van der Waals surface area contributed by atoms with Gasteiger partial charge in [0, 0.05) is 24.7 Å². The Morgan fingerprint density at radius 2 is 1.78 bits per heavy atom. The van der Waals surface area contributed by atoms with Crippen molar-refractivity contribution in [1.82, 2.24) is 20.4 Å². The molecule has 1 saturated heterocycles. The van der Waals surface area contributed by atoms with Crippen molar-refractivity contribution in [1.29, 1.82) is 0 Å². The topological polar surface area (TPSA) is 93.7 Å². The average Bonchev–Trinajstić information content (AvgIpc) is 2.73. The number of hydrogen-bond donors (Lipinski definition) is 1. The summed E-state index contributed by atoms with van der Waals surface area (Å²) in [5.41, 5.74) is 1.03. The fraction of sp³-hybridized carbons (Fsp3) is 0.368. The number of piperidine rings is 1. The highest BCUT2D eigenvalue weighted by atomic mass is 16.5. The SMILES string of the molecule is COc1ccc(C(=O)N2CCC(NC(=O)c3ccnnc3)CC2)cc1OC. The molecule has 0 bridgehead atoms. The number of methoxy groups -OCH3 is 2. The molecule has 0 spiro atoms. The number of carbonyl (C=O) groups excluding carboxylic acids is 2. The van der Waals surface area contributed by atoms with Crippen LogP contribution in [0.5, 0.6) is 11.5 Å². The predicted molar refractivity (Wildman–Crippen MR) is 98.0 cm³/mol. The molecule has 1 aliphatic rings. The van der Waals surface area contributed by atoms with E-state index < -0.39 is 0 Å². The van der Waals surface area contributed by atoms with Crippen molar-refractivity contribution in [3.8, 4) is 11.5 Å². The first kappa shape index (κ1) is 18.6. The molecule has 142 valence electrons. The van der Waals surface area contributed by atoms with Gasteiger partial charge in [-0.3, -0.25) is 9.59 Å². The molecule has 2 amide bonds. The van der Waals surface area contributed by atoms with E-state index in [-0.39, 0.29) is 17.9 Å². The van der Waals surface area contributed by atoms with Crippen LogP contribution < -0.4 is 14.8 Å². The van der Waals surface area contributed by atoms with E-state index in [1.807, 2.05) is 0 Å². The van der Waals surface area contributed by atoms with Crippen molar-refractivity contribution >= 4 is 11.8 Å². The number of hydrogen-bond acceptors (Lipinski definition) is 6. The van der Waals surface area contributed by atoms with Crippen molar-refractivity contribution in [2.24, 2.45) is 0 Å². The van der Waals surface area contributed by atoms with Crippen LogP contribution in [0.25, 0.3) is 0 Å². The third kappa shape index (κ3) is 4.33. The molecule has 0 saturated carbocycles. The number of nitrogens with zero attached hydrogens (tertiary/aromatic N) is 3. The Balaban J connectivity index is 1.57. The van der Waals surface area contributed by atoms with E-state index in [1.54, 1.807) is 43.4 Å². The van der Waals surface area contributed by atoms with Crippen LogP contribution in [-0.4, -0.2) is 60.3 Å². The molecule has 1 aliphatic heterocycles. The number of rotatable bonds is 5. The zero-order valence-electron chi connectivity index (χ0n) is 15.3. The molecular formula is C19H22N4O4. The van der Waals surface area contributed by atoms with Gasteiger partial charge in [-0.15, -0.1) is 0 Å². The molecule has 2 heterocycles. The summed E-state index contributed by atoms with van der Waals surface area (Å²) in [6.45, 7) is 1.15. The van der Waals surface area contributed by atoms with Gasteiger partial charge in [0.25, 0.3) is 11.8 Å². The molecule has 2 aromatic rings. The normalized spacial score (nSPS) is 14.5. The Hall–Kier alpha value is -3.16. The minimum Gasteiger partial charge on any atom is -0.493 e. The van der Waals surface area contributed by atoms with Crippen LogP contribution >= 0.6 is 0 Å². The summed E-state index contributed by atoms with van der Waals surface area (Å²) in [5.74, 6) is 0.881. The number of nitrogens with one attached hydrogen (secondary N) is 1. The molecular weight excluding hydrogens is 348 g/mol. The Labute approximate surface area is 157 Å². The van der Waals surface area contributed by atoms with Crippen LogP contribution in [0.15, 0.2) is 36.7 Å². The summed E-state index contributed by atoms with van der Waals surface area (Å²) in [7, 11) is 3.10. The van der Waals surface area contributed by atoms with Gasteiger partial charge in [0.1, 0.15) is 0 Å². The number of amides is 2. The smallest absolute Gasteiger partial charge is 0.253 e. The third-order valence-electron chi connectivity index (χ3n) is 4.59. The van der Waals surface area contributed by atoms with E-state index in [9.17, 15) is 9.59 Å². The highest BCUT2D eigenvalue weighted by Crippen LogP contribution is 2.28. The van der Waals surface area contributed by atoms with Crippen LogP contribution in [0, 0.1) is 0 Å². The lowest BCUT2D eigenvalue weighted by molar-refractivity contribution is 0.0697. The Morgan fingerprint density at radius 1 is 1.04 bits per heavy atom. The molecule has 1 N–H and O–H groups in total. The molecule has 1 fully saturated rings. The molecule has 27 heavy (non-hydrogen) atoms. The second-order valence-corrected chi connectivity index (χ2v) is 6.24. The van der Waals surface area contributed by atoms with Crippen LogP contribution in [0.2, 0.25) is 0 Å². The molecule has 0 unspecified atom stereocenters. The molecule has 0 radical (unpaired) electrons. The summed E-state index contributed by atoms with van der Waals surface area (Å²) in [4.78, 5) is 26.7. The minimum absolute atomic E-state index is 0.0279. The van der Waals surface area contributed by atoms with Gasteiger partial charge in [-0.2, -0.15) is 10.2 Å². The van der Waals surface area contributed by atoms with Gasteiger partial charge in [0.15, 0.2) is 11.5 Å². The monoisotopic (exact) mass is 370 g/mol. The molecule has 1 aromatic heterocycles. The Morgan fingerprint density at radius 3 is 2.41 bits per heavy atom. The second-order valence-electron chi connectivity index (χ2n) is 6.24. The van der Waals surface area contributed by atoms with Crippen LogP contribution in [0.3, 0.4) is 0 Å². The summed E-state index contributed by atoms with van der Waals surface area (Å²) in [6, 6.07) is 6.79. The Kier molecular flexibility index (Phi) is 5.85. The number of carbonyl (C=O) groups is 2. The van der Waals surface area contributed by atoms with Crippen molar-refractivity contribution in [3.63, 3.8) is 0 Å². The fourth-order valence-electron chi connectivity index (χ4n) is 3.07. The third-order valence-corrected chi connectivity index (χ3v) is 4.59. The zero-order chi connectivity index (χ0) is 19.2. The molecule has 8 nitrogen and oxygen atoms in total. The number of benzene rings is 1. The molecule has 0 atom stereocenters. The van der Waals surface area contributed by atoms with Crippen LogP contribution in [0.4, 0.5) is 0 Å². The van der Waals surface area contributed by atoms with Gasteiger partial charge in [0.2, 0.25) is 0 Å². The van der Waals surface area contributed by atoms with E-state index in [0.29, 0.717) is 48.6 Å². The maximum Gasteiger partial charge on any atom is 0.253 e. The quantitative estimate of drug-likeness (QED) is 0.858. The number of likely N-dealkylation sites (tertiary alicyclic amines) is 1. The first-order chi connectivity index (χ1) is 13.1. The van der Waals surface area contributed by atoms with Crippen molar-refractivity contribution in [2.75, 3.05) is 27.3 Å². The summed E-state index contributed by atoms with van der Waals surface area (Å²) >= 11 is 0. The standard InChI is InChI=1S/C19H22N4O4/c1-26-16-4-3-13(11-17(16)27-2)19(25)23-9-6-15(7-10-23)22-18(24)14-5-8-20-21-12-14/h3-5,8,11-12,15H,6-7,9-10H2,1-2H3,(H,22,24). The van der Waals surface area contributed by atoms with Gasteiger partial charge in [-0.25, -0.2) is 0 Å². The Bertz CT molecular complexity index is 805. The summed E-state index contributed by atoms with van der Waals surface area (Å²) in [5, 5.41) is 10.4. The molecule has 8 heteroatoms. The lowest BCUT2D eigenvalue weighted by atomic mass is 10.0. The highest BCUT2D eigenvalue weighted by Gasteiger charge is 2.25. The maximum atomic E-state index is 12.7. The first-order valence-electron chi connectivity index (χ1n) is 8.71. The zero-order valence-corrected chi connectivity index (χ0v) is 15.3. The molecule has 1 aromatic carbocycles. The van der Waals surface area contributed by atoms with Crippen molar-refractivity contribution < 1.29 is 19.1 Å². The van der Waals surface area contributed by atoms with Crippen LogP contribution in [-0.2, 0) is 0 Å². The predicted octanol–water partition coefficient (Wildman–Crippen LogP) is 1.53. The summed E-state index contributed by atoms with van der Waals surface area (Å²) in [6.07, 6.45) is 4.32.